The van der Waals surface area contributed by atoms with E-state index in [9.17, 15) is 10.5 Å². The third-order valence-electron chi connectivity index (χ3n) is 5.05. The number of rotatable bonds is 6. The highest BCUT2D eigenvalue weighted by atomic mass is 16.7. The van der Waals surface area contributed by atoms with Gasteiger partial charge in [-0.25, -0.2) is 4.99 Å². The van der Waals surface area contributed by atoms with Gasteiger partial charge >= 0.3 is 0 Å². The van der Waals surface area contributed by atoms with Gasteiger partial charge in [0.05, 0.1) is 12.1 Å². The van der Waals surface area contributed by atoms with Crippen molar-refractivity contribution in [2.24, 2.45) is 27.0 Å². The molecule has 2 N–H and O–H groups in total. The average Bonchev–Trinajstić information content (AvgIpc) is 2.83. The van der Waals surface area contributed by atoms with Crippen LogP contribution in [-0.2, 0) is 9.47 Å². The lowest BCUT2D eigenvalue weighted by Gasteiger charge is -2.34. The van der Waals surface area contributed by atoms with Crippen molar-refractivity contribution in [3.8, 4) is 12.1 Å². The zero-order chi connectivity index (χ0) is 15.9. The van der Waals surface area contributed by atoms with Gasteiger partial charge in [0.25, 0.3) is 5.91 Å². The number of aliphatic imine (C=N–C) groups is 1. The highest BCUT2D eigenvalue weighted by Gasteiger charge is 2.98. The quantitative estimate of drug-likeness (QED) is 0.752. The van der Waals surface area contributed by atoms with Crippen LogP contribution in [0.2, 0.25) is 0 Å². The molecule has 6 nitrogen and oxygen atoms in total. The first kappa shape index (κ1) is 15.8. The van der Waals surface area contributed by atoms with E-state index in [-0.39, 0.29) is 5.84 Å². The molecule has 0 bridgehead atoms. The number of nitrogens with zero attached hydrogens (tertiary/aromatic N) is 3. The minimum Gasteiger partial charge on any atom is -0.386 e. The molecule has 0 radical (unpaired) electrons. The summed E-state index contributed by atoms with van der Waals surface area (Å²) in [5.41, 5.74) is 3.15. The molecule has 6 heteroatoms. The van der Waals surface area contributed by atoms with E-state index in [0.717, 1.165) is 6.42 Å². The molecule has 1 fully saturated rings. The monoisotopic (exact) mass is 290 g/mol. The fourth-order valence-electron chi connectivity index (χ4n) is 4.30. The molecular formula is C15H22N4O2. The van der Waals surface area contributed by atoms with Crippen molar-refractivity contribution in [2.75, 3.05) is 13.2 Å². The Morgan fingerprint density at radius 3 is 2.10 bits per heavy atom. The number of hydrogen-bond acceptors (Lipinski definition) is 6. The van der Waals surface area contributed by atoms with E-state index in [0.29, 0.717) is 19.6 Å². The number of fused-ring (bicyclic) bond motifs is 1. The SMILES string of the molecule is CCC[C@@]1(C)[C@]2(C#N)C(N)=NC(OCC)(OCC)[C@]12C#N. The average molecular weight is 290 g/mol. The van der Waals surface area contributed by atoms with Gasteiger partial charge in [0.15, 0.2) is 5.41 Å². The summed E-state index contributed by atoms with van der Waals surface area (Å²) >= 11 is 0. The van der Waals surface area contributed by atoms with Gasteiger partial charge in [-0.3, -0.25) is 0 Å². The Kier molecular flexibility index (Phi) is 3.52. The topological polar surface area (TPSA) is 104 Å². The Balaban J connectivity index is 2.69. The van der Waals surface area contributed by atoms with E-state index in [1.54, 1.807) is 0 Å². The second-order valence-electron chi connectivity index (χ2n) is 5.75. The van der Waals surface area contributed by atoms with Crippen molar-refractivity contribution in [3.05, 3.63) is 0 Å². The maximum atomic E-state index is 9.94. The second kappa shape index (κ2) is 4.69. The molecule has 114 valence electrons. The standard InChI is InChI=1S/C15H22N4O2/c1-5-8-12(4)13(9-16)11(18)19-15(20-6-2,21-7-3)14(12,13)10-17/h5-8H2,1-4H3,(H2,18,19)/t12-,13-,14+/m0/s1. The molecule has 0 saturated heterocycles. The van der Waals surface area contributed by atoms with Crippen LogP contribution in [0.4, 0.5) is 0 Å². The molecule has 0 amide bonds. The van der Waals surface area contributed by atoms with Crippen molar-refractivity contribution in [3.63, 3.8) is 0 Å². The van der Waals surface area contributed by atoms with Crippen molar-refractivity contribution in [1.29, 1.82) is 10.5 Å². The molecule has 0 unspecified atom stereocenters. The summed E-state index contributed by atoms with van der Waals surface area (Å²) in [4.78, 5) is 4.30. The third kappa shape index (κ3) is 1.31. The van der Waals surface area contributed by atoms with E-state index >= 15 is 0 Å². The Bertz CT molecular complexity index is 555. The zero-order valence-electron chi connectivity index (χ0n) is 13.1. The van der Waals surface area contributed by atoms with Crippen LogP contribution in [0.1, 0.15) is 40.5 Å². The fraction of sp³-hybridized carbons (Fsp3) is 0.800. The maximum absolute atomic E-state index is 9.94. The molecule has 2 rings (SSSR count). The first-order valence-corrected chi connectivity index (χ1v) is 7.39. The fourth-order valence-corrected chi connectivity index (χ4v) is 4.30. The van der Waals surface area contributed by atoms with Crippen LogP contribution in [0, 0.1) is 38.9 Å². The summed E-state index contributed by atoms with van der Waals surface area (Å²) in [5.74, 6) is -1.32. The van der Waals surface area contributed by atoms with Crippen LogP contribution in [0.3, 0.4) is 0 Å². The normalized spacial score (nSPS) is 39.0. The number of nitriles is 2. The van der Waals surface area contributed by atoms with Crippen LogP contribution < -0.4 is 5.73 Å². The third-order valence-corrected chi connectivity index (χ3v) is 5.05. The van der Waals surface area contributed by atoms with Gasteiger partial charge in [-0.1, -0.05) is 20.3 Å². The number of hydrogen-bond donors (Lipinski definition) is 1. The number of ether oxygens (including phenoxy) is 2. The molecule has 3 atom stereocenters. The first-order chi connectivity index (χ1) is 9.93. The largest absolute Gasteiger partial charge is 0.386 e. The lowest BCUT2D eigenvalue weighted by molar-refractivity contribution is -0.260. The van der Waals surface area contributed by atoms with Crippen molar-refractivity contribution >= 4 is 5.84 Å². The predicted octanol–water partition coefficient (Wildman–Crippen LogP) is 1.92. The molecular weight excluding hydrogens is 268 g/mol. The summed E-state index contributed by atoms with van der Waals surface area (Å²) in [5, 5.41) is 19.7. The van der Waals surface area contributed by atoms with Crippen molar-refractivity contribution in [2.45, 2.75) is 46.4 Å². The summed E-state index contributed by atoms with van der Waals surface area (Å²) in [7, 11) is 0. The Morgan fingerprint density at radius 1 is 1.14 bits per heavy atom. The smallest absolute Gasteiger partial charge is 0.293 e. The molecule has 0 aromatic rings. The molecule has 2 aliphatic rings. The zero-order valence-corrected chi connectivity index (χ0v) is 13.1. The van der Waals surface area contributed by atoms with Crippen LogP contribution in [-0.4, -0.2) is 25.0 Å². The molecule has 21 heavy (non-hydrogen) atoms. The highest BCUT2D eigenvalue weighted by molar-refractivity contribution is 6.00. The van der Waals surface area contributed by atoms with Crippen molar-refractivity contribution < 1.29 is 9.47 Å². The molecule has 1 heterocycles. The van der Waals surface area contributed by atoms with Gasteiger partial charge in [0, 0.05) is 18.6 Å². The second-order valence-corrected chi connectivity index (χ2v) is 5.75. The van der Waals surface area contributed by atoms with Gasteiger partial charge in [-0.2, -0.15) is 10.5 Å². The lowest BCUT2D eigenvalue weighted by atomic mass is 9.87. The molecule has 0 spiro atoms. The van der Waals surface area contributed by atoms with Gasteiger partial charge in [-0.05, 0) is 20.3 Å². The minimum absolute atomic E-state index is 0.157. The Labute approximate surface area is 125 Å². The maximum Gasteiger partial charge on any atom is 0.293 e. The van der Waals surface area contributed by atoms with Gasteiger partial charge in [-0.15, -0.1) is 0 Å². The van der Waals surface area contributed by atoms with Crippen LogP contribution in [0.25, 0.3) is 0 Å². The predicted molar refractivity (Wildman–Crippen MR) is 76.7 cm³/mol. The summed E-state index contributed by atoms with van der Waals surface area (Å²) in [6.07, 6.45) is 1.53. The van der Waals surface area contributed by atoms with E-state index in [1.807, 2.05) is 27.7 Å². The number of amidine groups is 1. The Hall–Kier alpha value is -1.63. The minimum atomic E-state index is -1.48. The molecule has 1 saturated carbocycles. The van der Waals surface area contributed by atoms with Gasteiger partial charge in [0.2, 0.25) is 0 Å². The summed E-state index contributed by atoms with van der Waals surface area (Å²) < 4.78 is 11.5. The van der Waals surface area contributed by atoms with Crippen LogP contribution >= 0.6 is 0 Å². The van der Waals surface area contributed by atoms with Crippen LogP contribution in [0.15, 0.2) is 4.99 Å². The summed E-state index contributed by atoms with van der Waals surface area (Å²) in [6.45, 7) is 8.20. The van der Waals surface area contributed by atoms with Crippen molar-refractivity contribution in [1.82, 2.24) is 0 Å². The Morgan fingerprint density at radius 2 is 1.71 bits per heavy atom. The molecule has 0 aromatic carbocycles. The van der Waals surface area contributed by atoms with E-state index in [4.69, 9.17) is 15.2 Å². The summed E-state index contributed by atoms with van der Waals surface area (Å²) in [6, 6.07) is 4.57. The van der Waals surface area contributed by atoms with E-state index in [1.165, 1.54) is 0 Å². The highest BCUT2D eigenvalue weighted by Crippen LogP contribution is 2.86. The first-order valence-electron chi connectivity index (χ1n) is 7.39. The van der Waals surface area contributed by atoms with E-state index in [2.05, 4.69) is 17.1 Å². The van der Waals surface area contributed by atoms with Crippen LogP contribution in [0.5, 0.6) is 0 Å². The molecule has 1 aliphatic heterocycles. The lowest BCUT2D eigenvalue weighted by Crippen LogP contribution is -2.45. The molecule has 1 aliphatic carbocycles. The van der Waals surface area contributed by atoms with Gasteiger partial charge in [0.1, 0.15) is 11.3 Å². The van der Waals surface area contributed by atoms with E-state index < -0.39 is 22.2 Å². The molecule has 0 aromatic heterocycles. The van der Waals surface area contributed by atoms with Gasteiger partial charge < -0.3 is 15.2 Å². The number of nitrogens with two attached hydrogens (primary N) is 1.